The van der Waals surface area contributed by atoms with Crippen LogP contribution < -0.4 is 0 Å². The van der Waals surface area contributed by atoms with Crippen LogP contribution in [0.15, 0.2) is 0 Å². The Morgan fingerprint density at radius 3 is 0.683 bits per heavy atom. The highest BCUT2D eigenvalue weighted by Crippen LogP contribution is 2.45. The van der Waals surface area contributed by atoms with Gasteiger partial charge in [-0.25, -0.2) is 9.13 Å². The van der Waals surface area contributed by atoms with Crippen LogP contribution in [0, 0.1) is 11.8 Å². The molecule has 7 atom stereocenters. The van der Waals surface area contributed by atoms with Crippen molar-refractivity contribution < 1.29 is 80.2 Å². The predicted molar refractivity (Wildman–Crippen MR) is 428 cm³/mol. The molecule has 0 aromatic rings. The monoisotopic (exact) mass is 1520 g/mol. The number of phosphoric ester groups is 2. The molecule has 0 aliphatic rings. The maximum atomic E-state index is 13.1. The van der Waals surface area contributed by atoms with Gasteiger partial charge < -0.3 is 33.8 Å². The smallest absolute Gasteiger partial charge is 0.462 e. The second-order valence-electron chi connectivity index (χ2n) is 31.1. The lowest BCUT2D eigenvalue weighted by Crippen LogP contribution is -2.30. The molecule has 0 rings (SSSR count). The summed E-state index contributed by atoms with van der Waals surface area (Å²) >= 11 is 0. The van der Waals surface area contributed by atoms with Crippen LogP contribution in [0.3, 0.4) is 0 Å². The number of rotatable bonds is 84. The largest absolute Gasteiger partial charge is 0.472 e. The van der Waals surface area contributed by atoms with Crippen molar-refractivity contribution in [3.05, 3.63) is 0 Å². The van der Waals surface area contributed by atoms with E-state index in [1.807, 2.05) is 0 Å². The molecule has 0 spiro atoms. The van der Waals surface area contributed by atoms with Crippen molar-refractivity contribution in [2.24, 2.45) is 11.8 Å². The van der Waals surface area contributed by atoms with Crippen molar-refractivity contribution >= 4 is 39.5 Å². The third-order valence-electron chi connectivity index (χ3n) is 20.7. The van der Waals surface area contributed by atoms with E-state index in [0.717, 1.165) is 108 Å². The number of esters is 4. The summed E-state index contributed by atoms with van der Waals surface area (Å²) in [5.41, 5.74) is 0. The van der Waals surface area contributed by atoms with Gasteiger partial charge in [0.2, 0.25) is 0 Å². The average molecular weight is 1520 g/mol. The summed E-state index contributed by atoms with van der Waals surface area (Å²) < 4.78 is 68.8. The standard InChI is InChI=1S/C85H166O17P2/c1-7-11-13-15-17-19-21-23-25-27-29-30-32-34-36-38-40-45-49-57-63-69-84(89)101-80(73-95-82(87)67-61-55-48-44-39-37-35-33-31-28-26-24-22-20-18-16-14-12-8-2)75-99-103(91,92)97-71-79(86)72-98-104(93,94)100-76-81(74-96-83(88)68-62-56-52-51-54-60-66-78(6)10-4)102-85(90)70-64-58-50-46-42-41-43-47-53-59-65-77(5)9-3/h77-81,86H,7-76H2,1-6H3,(H,91,92)(H,93,94)/t77?,78?,79-,80-,81-/m1/s1. The second kappa shape index (κ2) is 76.4. The number of unbranched alkanes of at least 4 members (excludes halogenated alkanes) is 52. The van der Waals surface area contributed by atoms with E-state index >= 15 is 0 Å². The van der Waals surface area contributed by atoms with Gasteiger partial charge in [0.1, 0.15) is 19.3 Å². The van der Waals surface area contributed by atoms with E-state index in [2.05, 4.69) is 41.5 Å². The first-order valence-electron chi connectivity index (χ1n) is 44.1. The summed E-state index contributed by atoms with van der Waals surface area (Å²) in [5, 5.41) is 10.7. The topological polar surface area (TPSA) is 237 Å². The number of aliphatic hydroxyl groups excluding tert-OH is 1. The third-order valence-corrected chi connectivity index (χ3v) is 22.6. The van der Waals surface area contributed by atoms with E-state index in [4.69, 9.17) is 37.0 Å². The fourth-order valence-electron chi connectivity index (χ4n) is 13.2. The van der Waals surface area contributed by atoms with Crippen molar-refractivity contribution in [1.29, 1.82) is 0 Å². The van der Waals surface area contributed by atoms with Crippen LogP contribution in [-0.2, 0) is 65.4 Å². The Hall–Kier alpha value is -1.94. The summed E-state index contributed by atoms with van der Waals surface area (Å²) in [4.78, 5) is 73.2. The molecular weight excluding hydrogens is 1350 g/mol. The van der Waals surface area contributed by atoms with Crippen LogP contribution in [0.1, 0.15) is 452 Å². The minimum atomic E-state index is -4.97. The first-order chi connectivity index (χ1) is 50.4. The van der Waals surface area contributed by atoms with Crippen molar-refractivity contribution in [2.45, 2.75) is 471 Å². The molecule has 0 radical (unpaired) electrons. The fourth-order valence-corrected chi connectivity index (χ4v) is 14.8. The number of ether oxygens (including phenoxy) is 4. The highest BCUT2D eigenvalue weighted by Gasteiger charge is 2.30. The summed E-state index contributed by atoms with van der Waals surface area (Å²) in [6.07, 6.45) is 68.1. The minimum absolute atomic E-state index is 0.106. The van der Waals surface area contributed by atoms with Crippen LogP contribution in [0.2, 0.25) is 0 Å². The normalized spacial score (nSPS) is 14.4. The summed E-state index contributed by atoms with van der Waals surface area (Å²) in [5.74, 6) is -0.573. The van der Waals surface area contributed by atoms with Gasteiger partial charge >= 0.3 is 39.5 Å². The van der Waals surface area contributed by atoms with E-state index in [0.29, 0.717) is 25.7 Å². The van der Waals surface area contributed by atoms with Crippen LogP contribution in [0.4, 0.5) is 0 Å². The van der Waals surface area contributed by atoms with Gasteiger partial charge in [0, 0.05) is 25.7 Å². The lowest BCUT2D eigenvalue weighted by Gasteiger charge is -2.21. The Morgan fingerprint density at radius 2 is 0.462 bits per heavy atom. The van der Waals surface area contributed by atoms with Crippen molar-refractivity contribution in [3.8, 4) is 0 Å². The van der Waals surface area contributed by atoms with E-state index in [1.165, 1.54) is 263 Å². The van der Waals surface area contributed by atoms with Gasteiger partial charge in [-0.2, -0.15) is 0 Å². The zero-order chi connectivity index (χ0) is 76.4. The number of aliphatic hydroxyl groups is 1. The first-order valence-corrected chi connectivity index (χ1v) is 47.1. The molecule has 0 aromatic carbocycles. The Kier molecular flexibility index (Phi) is 75.0. The molecule has 104 heavy (non-hydrogen) atoms. The Morgan fingerprint density at radius 1 is 0.269 bits per heavy atom. The molecule has 0 aromatic heterocycles. The van der Waals surface area contributed by atoms with Crippen LogP contribution in [-0.4, -0.2) is 96.7 Å². The zero-order valence-corrected chi connectivity index (χ0v) is 70.1. The SMILES string of the molecule is CCCCCCCCCCCCCCCCCCCCCCCC(=O)O[C@H](COC(=O)CCCCCCCCCCCCCCCCCCCCC)COP(=O)(O)OC[C@@H](O)COP(=O)(O)OC[C@@H](COC(=O)CCCCCCCCC(C)CC)OC(=O)CCCCCCCCCCCCC(C)CC. The fraction of sp³-hybridized carbons (Fsp3) is 0.953. The summed E-state index contributed by atoms with van der Waals surface area (Å²) in [7, 11) is -9.93. The molecule has 618 valence electrons. The predicted octanol–water partition coefficient (Wildman–Crippen LogP) is 25.8. The van der Waals surface area contributed by atoms with Gasteiger partial charge in [-0.15, -0.1) is 0 Å². The molecule has 0 fully saturated rings. The molecule has 0 bridgehead atoms. The number of carbonyl (C=O) groups excluding carboxylic acids is 4. The molecular formula is C85H166O17P2. The quantitative estimate of drug-likeness (QED) is 0.0222. The number of phosphoric acid groups is 2. The number of carbonyl (C=O) groups is 4. The molecule has 0 heterocycles. The van der Waals surface area contributed by atoms with Crippen LogP contribution in [0.25, 0.3) is 0 Å². The average Bonchev–Trinajstić information content (AvgIpc) is 0.906. The second-order valence-corrected chi connectivity index (χ2v) is 34.0. The van der Waals surface area contributed by atoms with E-state index in [-0.39, 0.29) is 25.7 Å². The molecule has 17 nitrogen and oxygen atoms in total. The van der Waals surface area contributed by atoms with E-state index in [1.54, 1.807) is 0 Å². The molecule has 0 aliphatic carbocycles. The third kappa shape index (κ3) is 75.5. The summed E-state index contributed by atoms with van der Waals surface area (Å²) in [6.45, 7) is 9.64. The Labute approximate surface area is 638 Å². The molecule has 0 saturated carbocycles. The zero-order valence-electron chi connectivity index (χ0n) is 68.3. The molecule has 4 unspecified atom stereocenters. The van der Waals surface area contributed by atoms with Gasteiger partial charge in [0.05, 0.1) is 26.4 Å². The van der Waals surface area contributed by atoms with Crippen LogP contribution in [0.5, 0.6) is 0 Å². The van der Waals surface area contributed by atoms with E-state index < -0.39 is 97.5 Å². The van der Waals surface area contributed by atoms with Crippen LogP contribution >= 0.6 is 15.6 Å². The van der Waals surface area contributed by atoms with Gasteiger partial charge in [-0.1, -0.05) is 401 Å². The van der Waals surface area contributed by atoms with Gasteiger partial charge in [0.15, 0.2) is 12.2 Å². The Balaban J connectivity index is 5.23. The molecule has 0 aliphatic heterocycles. The maximum absolute atomic E-state index is 13.1. The summed E-state index contributed by atoms with van der Waals surface area (Å²) in [6, 6.07) is 0. The van der Waals surface area contributed by atoms with Gasteiger partial charge in [-0.05, 0) is 37.5 Å². The lowest BCUT2D eigenvalue weighted by molar-refractivity contribution is -0.161. The highest BCUT2D eigenvalue weighted by atomic mass is 31.2. The van der Waals surface area contributed by atoms with Crippen molar-refractivity contribution in [1.82, 2.24) is 0 Å². The van der Waals surface area contributed by atoms with Crippen molar-refractivity contribution in [3.63, 3.8) is 0 Å². The lowest BCUT2D eigenvalue weighted by atomic mass is 9.99. The first kappa shape index (κ1) is 102. The number of hydrogen-bond donors (Lipinski definition) is 3. The number of hydrogen-bond acceptors (Lipinski definition) is 15. The molecule has 3 N–H and O–H groups in total. The maximum Gasteiger partial charge on any atom is 0.472 e. The van der Waals surface area contributed by atoms with E-state index in [9.17, 15) is 43.2 Å². The molecule has 0 amide bonds. The molecule has 0 saturated heterocycles. The van der Waals surface area contributed by atoms with Gasteiger partial charge in [0.25, 0.3) is 0 Å². The highest BCUT2D eigenvalue weighted by molar-refractivity contribution is 7.47. The Bertz CT molecular complexity index is 2000. The minimum Gasteiger partial charge on any atom is -0.462 e. The van der Waals surface area contributed by atoms with Crippen molar-refractivity contribution in [2.75, 3.05) is 39.6 Å². The van der Waals surface area contributed by atoms with Gasteiger partial charge in [-0.3, -0.25) is 37.3 Å². The molecule has 19 heteroatoms.